The van der Waals surface area contributed by atoms with E-state index in [1.807, 2.05) is 47.1 Å². The minimum atomic E-state index is -0.912. The van der Waals surface area contributed by atoms with Crippen LogP contribution in [0.2, 0.25) is 0 Å². The average molecular weight is 349 g/mol. The van der Waals surface area contributed by atoms with E-state index in [1.54, 1.807) is 12.1 Å². The molecule has 0 aliphatic carbocycles. The molecule has 3 heterocycles. The van der Waals surface area contributed by atoms with E-state index in [0.717, 1.165) is 11.2 Å². The second kappa shape index (κ2) is 6.32. The molecule has 0 spiro atoms. The van der Waals surface area contributed by atoms with E-state index in [-0.39, 0.29) is 6.42 Å². The van der Waals surface area contributed by atoms with Gasteiger partial charge in [0.25, 0.3) is 0 Å². The van der Waals surface area contributed by atoms with Gasteiger partial charge in [-0.05, 0) is 18.2 Å². The van der Waals surface area contributed by atoms with Crippen molar-refractivity contribution >= 4 is 29.2 Å². The molecule has 1 unspecified atom stereocenters. The number of pyridine rings is 1. The summed E-state index contributed by atoms with van der Waals surface area (Å²) in [5.41, 5.74) is 2.80. The van der Waals surface area contributed by atoms with Gasteiger partial charge in [-0.2, -0.15) is 0 Å². The van der Waals surface area contributed by atoms with Crippen LogP contribution in [0.5, 0.6) is 0 Å². The number of anilines is 1. The zero-order valence-electron chi connectivity index (χ0n) is 13.6. The van der Waals surface area contributed by atoms with Crippen molar-refractivity contribution in [3.8, 4) is 11.3 Å². The summed E-state index contributed by atoms with van der Waals surface area (Å²) in [6.07, 6.45) is 3.66. The number of carbonyl (C=O) groups excluding carboxylic acids is 3. The summed E-state index contributed by atoms with van der Waals surface area (Å²) in [6.45, 7) is 0. The van der Waals surface area contributed by atoms with Crippen molar-refractivity contribution in [2.45, 2.75) is 12.5 Å². The fourth-order valence-electron chi connectivity index (χ4n) is 2.87. The highest BCUT2D eigenvalue weighted by molar-refractivity contribution is 6.06. The molecule has 3 aromatic rings. The number of amides is 4. The standard InChI is InChI=1S/C18H15N5O3/c24-16-9-13(21-18(26)22-16)17(25)20-12-6-2-1-5-11(12)14-10-23-8-4-3-7-15(23)19-14/h1-8,10,13H,9H2,(H,20,25)(H2,21,22,24,26). The molecule has 8 nitrogen and oxygen atoms in total. The number of nitrogens with zero attached hydrogens (tertiary/aromatic N) is 2. The Kier molecular flexibility index (Phi) is 3.85. The average Bonchev–Trinajstić information content (AvgIpc) is 3.05. The maximum atomic E-state index is 12.5. The fourth-order valence-corrected chi connectivity index (χ4v) is 2.87. The number of carbonyl (C=O) groups is 3. The summed E-state index contributed by atoms with van der Waals surface area (Å²) in [5.74, 6) is -0.938. The molecule has 130 valence electrons. The quantitative estimate of drug-likeness (QED) is 0.667. The molecule has 1 aromatic carbocycles. The van der Waals surface area contributed by atoms with Crippen molar-refractivity contribution in [2.24, 2.45) is 0 Å². The van der Waals surface area contributed by atoms with Crippen LogP contribution < -0.4 is 16.0 Å². The van der Waals surface area contributed by atoms with E-state index in [1.165, 1.54) is 0 Å². The fraction of sp³-hybridized carbons (Fsp3) is 0.111. The monoisotopic (exact) mass is 349 g/mol. The van der Waals surface area contributed by atoms with Crippen molar-refractivity contribution < 1.29 is 14.4 Å². The molecule has 0 bridgehead atoms. The van der Waals surface area contributed by atoms with Crippen LogP contribution in [0.4, 0.5) is 10.5 Å². The molecule has 1 saturated heterocycles. The largest absolute Gasteiger partial charge is 0.325 e. The van der Waals surface area contributed by atoms with Crippen molar-refractivity contribution in [3.63, 3.8) is 0 Å². The number of nitrogens with one attached hydrogen (secondary N) is 3. The lowest BCUT2D eigenvalue weighted by Crippen LogP contribution is -2.56. The number of rotatable bonds is 3. The maximum Gasteiger partial charge on any atom is 0.322 e. The zero-order valence-corrected chi connectivity index (χ0v) is 13.6. The van der Waals surface area contributed by atoms with Crippen LogP contribution in [0.1, 0.15) is 6.42 Å². The molecule has 8 heteroatoms. The topological polar surface area (TPSA) is 105 Å². The van der Waals surface area contributed by atoms with Gasteiger partial charge in [-0.25, -0.2) is 9.78 Å². The van der Waals surface area contributed by atoms with Gasteiger partial charge in [-0.1, -0.05) is 24.3 Å². The van der Waals surface area contributed by atoms with Crippen LogP contribution in [-0.2, 0) is 9.59 Å². The van der Waals surface area contributed by atoms with E-state index in [2.05, 4.69) is 20.9 Å². The highest BCUT2D eigenvalue weighted by Crippen LogP contribution is 2.27. The predicted molar refractivity (Wildman–Crippen MR) is 94.3 cm³/mol. The van der Waals surface area contributed by atoms with Crippen molar-refractivity contribution in [3.05, 3.63) is 54.9 Å². The van der Waals surface area contributed by atoms with Gasteiger partial charge >= 0.3 is 6.03 Å². The van der Waals surface area contributed by atoms with Gasteiger partial charge in [0.2, 0.25) is 11.8 Å². The minimum absolute atomic E-state index is 0.103. The third-order valence-corrected chi connectivity index (χ3v) is 4.09. The second-order valence-corrected chi connectivity index (χ2v) is 5.91. The Labute approximate surface area is 148 Å². The summed E-state index contributed by atoms with van der Waals surface area (Å²) in [6, 6.07) is 11.4. The third-order valence-electron chi connectivity index (χ3n) is 4.09. The first kappa shape index (κ1) is 15.8. The van der Waals surface area contributed by atoms with Gasteiger partial charge in [0.1, 0.15) is 11.7 Å². The Balaban J connectivity index is 1.62. The number of imide groups is 1. The van der Waals surface area contributed by atoms with Gasteiger partial charge in [0.05, 0.1) is 17.8 Å². The van der Waals surface area contributed by atoms with E-state index >= 15 is 0 Å². The zero-order chi connectivity index (χ0) is 18.1. The summed E-state index contributed by atoms with van der Waals surface area (Å²) >= 11 is 0. The van der Waals surface area contributed by atoms with Gasteiger partial charge in [0.15, 0.2) is 0 Å². The lowest BCUT2D eigenvalue weighted by molar-refractivity contribution is -0.126. The number of fused-ring (bicyclic) bond motifs is 1. The summed E-state index contributed by atoms with van der Waals surface area (Å²) in [5, 5.41) is 7.32. The molecule has 1 aliphatic rings. The number of para-hydroxylation sites is 1. The van der Waals surface area contributed by atoms with Crippen molar-refractivity contribution in [1.82, 2.24) is 20.0 Å². The van der Waals surface area contributed by atoms with Crippen LogP contribution in [0.3, 0.4) is 0 Å². The first-order valence-corrected chi connectivity index (χ1v) is 8.04. The molecule has 1 aliphatic heterocycles. The van der Waals surface area contributed by atoms with Crippen LogP contribution in [0, 0.1) is 0 Å². The van der Waals surface area contributed by atoms with E-state index in [0.29, 0.717) is 11.4 Å². The summed E-state index contributed by atoms with van der Waals surface area (Å²) in [4.78, 5) is 39.9. The number of urea groups is 1. The first-order valence-electron chi connectivity index (χ1n) is 8.04. The number of imidazole rings is 1. The van der Waals surface area contributed by atoms with Gasteiger partial charge in [-0.15, -0.1) is 0 Å². The molecule has 0 radical (unpaired) electrons. The smallest absolute Gasteiger partial charge is 0.322 e. The number of hydrogen-bond donors (Lipinski definition) is 3. The lowest BCUT2D eigenvalue weighted by Gasteiger charge is -2.22. The Morgan fingerprint density at radius 2 is 1.96 bits per heavy atom. The number of aromatic nitrogens is 2. The molecule has 2 aromatic heterocycles. The highest BCUT2D eigenvalue weighted by Gasteiger charge is 2.29. The highest BCUT2D eigenvalue weighted by atomic mass is 16.2. The van der Waals surface area contributed by atoms with Gasteiger partial charge in [0, 0.05) is 18.0 Å². The summed E-state index contributed by atoms with van der Waals surface area (Å²) in [7, 11) is 0. The van der Waals surface area contributed by atoms with Gasteiger partial charge in [-0.3, -0.25) is 14.9 Å². The predicted octanol–water partition coefficient (Wildman–Crippen LogP) is 1.54. The molecule has 4 amide bonds. The Hall–Kier alpha value is -3.68. The normalized spacial score (nSPS) is 16.8. The van der Waals surface area contributed by atoms with Crippen LogP contribution in [0.15, 0.2) is 54.9 Å². The lowest BCUT2D eigenvalue weighted by atomic mass is 10.1. The second-order valence-electron chi connectivity index (χ2n) is 5.91. The molecule has 1 fully saturated rings. The van der Waals surface area contributed by atoms with Gasteiger partial charge < -0.3 is 15.0 Å². The third kappa shape index (κ3) is 3.00. The first-order chi connectivity index (χ1) is 12.6. The maximum absolute atomic E-state index is 12.5. The Morgan fingerprint density at radius 1 is 1.15 bits per heavy atom. The number of benzene rings is 1. The van der Waals surface area contributed by atoms with Crippen LogP contribution in [-0.4, -0.2) is 33.3 Å². The SMILES string of the molecule is O=C1CC(C(=O)Nc2ccccc2-c2cn3ccccc3n2)NC(=O)N1. The summed E-state index contributed by atoms with van der Waals surface area (Å²) < 4.78 is 1.89. The molecule has 4 rings (SSSR count). The molecule has 0 saturated carbocycles. The molecule has 1 atom stereocenters. The molecule has 3 N–H and O–H groups in total. The molecule has 26 heavy (non-hydrogen) atoms. The van der Waals surface area contributed by atoms with E-state index in [9.17, 15) is 14.4 Å². The molecular formula is C18H15N5O3. The Morgan fingerprint density at radius 3 is 2.77 bits per heavy atom. The van der Waals surface area contributed by atoms with E-state index < -0.39 is 23.9 Å². The minimum Gasteiger partial charge on any atom is -0.325 e. The van der Waals surface area contributed by atoms with Crippen LogP contribution >= 0.6 is 0 Å². The van der Waals surface area contributed by atoms with Crippen LogP contribution in [0.25, 0.3) is 16.9 Å². The molecular weight excluding hydrogens is 334 g/mol. The van der Waals surface area contributed by atoms with E-state index in [4.69, 9.17) is 0 Å². The van der Waals surface area contributed by atoms with Crippen molar-refractivity contribution in [1.29, 1.82) is 0 Å². The van der Waals surface area contributed by atoms with Crippen molar-refractivity contribution in [2.75, 3.05) is 5.32 Å². The number of hydrogen-bond acceptors (Lipinski definition) is 4. The Bertz CT molecular complexity index is 977.